The molecule has 0 unspecified atom stereocenters. The largest absolute Gasteiger partial charge is 0.384 e. The molecular weight excluding hydrogens is 324 g/mol. The molecule has 0 aliphatic carbocycles. The lowest BCUT2D eigenvalue weighted by molar-refractivity contribution is 0.0600. The predicted octanol–water partition coefficient (Wildman–Crippen LogP) is 4.38. The molecule has 2 amide bonds. The first kappa shape index (κ1) is 17.7. The van der Waals surface area contributed by atoms with Crippen molar-refractivity contribution in [1.82, 2.24) is 5.32 Å². The Hall–Kier alpha value is -3.11. The average Bonchev–Trinajstić information content (AvgIpc) is 2.68. The summed E-state index contributed by atoms with van der Waals surface area (Å²) in [6.45, 7) is 1.80. The van der Waals surface area contributed by atoms with Gasteiger partial charge in [0.05, 0.1) is 6.54 Å². The van der Waals surface area contributed by atoms with Crippen LogP contribution in [0.15, 0.2) is 84.9 Å². The van der Waals surface area contributed by atoms with Gasteiger partial charge in [0.1, 0.15) is 5.60 Å². The smallest absolute Gasteiger partial charge is 0.319 e. The summed E-state index contributed by atoms with van der Waals surface area (Å²) in [5, 5.41) is 16.2. The van der Waals surface area contributed by atoms with E-state index in [2.05, 4.69) is 10.6 Å². The van der Waals surface area contributed by atoms with Gasteiger partial charge in [-0.3, -0.25) is 0 Å². The summed E-state index contributed by atoms with van der Waals surface area (Å²) in [5.74, 6) is 0. The molecule has 0 saturated heterocycles. The molecule has 4 heteroatoms. The van der Waals surface area contributed by atoms with Crippen LogP contribution in [0.25, 0.3) is 11.1 Å². The molecule has 0 aliphatic heterocycles. The fourth-order valence-corrected chi connectivity index (χ4v) is 2.70. The van der Waals surface area contributed by atoms with Crippen molar-refractivity contribution in [3.05, 3.63) is 90.5 Å². The van der Waals surface area contributed by atoms with Crippen LogP contribution in [0.5, 0.6) is 0 Å². The number of carbonyl (C=O) groups is 1. The van der Waals surface area contributed by atoms with Gasteiger partial charge in [-0.25, -0.2) is 4.79 Å². The van der Waals surface area contributed by atoms with Crippen molar-refractivity contribution in [3.63, 3.8) is 0 Å². The van der Waals surface area contributed by atoms with Crippen LogP contribution in [0, 0.1) is 0 Å². The van der Waals surface area contributed by atoms with Crippen LogP contribution < -0.4 is 10.6 Å². The second-order valence-corrected chi connectivity index (χ2v) is 6.39. The maximum atomic E-state index is 12.0. The topological polar surface area (TPSA) is 61.4 Å². The van der Waals surface area contributed by atoms with Gasteiger partial charge < -0.3 is 15.7 Å². The third-order valence-electron chi connectivity index (χ3n) is 4.24. The van der Waals surface area contributed by atoms with E-state index in [0.29, 0.717) is 5.69 Å². The van der Waals surface area contributed by atoms with E-state index in [1.165, 1.54) is 0 Å². The van der Waals surface area contributed by atoms with E-state index >= 15 is 0 Å². The Morgan fingerprint density at radius 1 is 0.846 bits per heavy atom. The van der Waals surface area contributed by atoms with E-state index in [-0.39, 0.29) is 12.6 Å². The number of hydrogen-bond acceptors (Lipinski definition) is 2. The zero-order chi connectivity index (χ0) is 18.4. The van der Waals surface area contributed by atoms with Crippen LogP contribution in [0.3, 0.4) is 0 Å². The van der Waals surface area contributed by atoms with Crippen LogP contribution in [0.1, 0.15) is 12.5 Å². The monoisotopic (exact) mass is 346 g/mol. The minimum absolute atomic E-state index is 0.107. The van der Waals surface area contributed by atoms with Gasteiger partial charge in [0.15, 0.2) is 0 Å². The second-order valence-electron chi connectivity index (χ2n) is 6.39. The Morgan fingerprint density at radius 2 is 1.38 bits per heavy atom. The maximum absolute atomic E-state index is 12.0. The van der Waals surface area contributed by atoms with Crippen molar-refractivity contribution in [2.24, 2.45) is 0 Å². The first-order chi connectivity index (χ1) is 12.5. The number of aliphatic hydroxyl groups is 1. The number of para-hydroxylation sites is 1. The normalized spacial score (nSPS) is 12.8. The van der Waals surface area contributed by atoms with Gasteiger partial charge in [0.2, 0.25) is 0 Å². The van der Waals surface area contributed by atoms with Crippen molar-refractivity contribution in [1.29, 1.82) is 0 Å². The molecule has 26 heavy (non-hydrogen) atoms. The highest BCUT2D eigenvalue weighted by atomic mass is 16.3. The Kier molecular flexibility index (Phi) is 5.34. The van der Waals surface area contributed by atoms with Crippen LogP contribution in [0.2, 0.25) is 0 Å². The summed E-state index contributed by atoms with van der Waals surface area (Å²) < 4.78 is 0. The maximum Gasteiger partial charge on any atom is 0.319 e. The van der Waals surface area contributed by atoms with E-state index in [4.69, 9.17) is 0 Å². The summed E-state index contributed by atoms with van der Waals surface area (Å²) in [6.07, 6.45) is 0. The van der Waals surface area contributed by atoms with Gasteiger partial charge >= 0.3 is 6.03 Å². The lowest BCUT2D eigenvalue weighted by atomic mass is 9.94. The van der Waals surface area contributed by atoms with Gasteiger partial charge in [-0.15, -0.1) is 0 Å². The molecule has 1 atom stereocenters. The van der Waals surface area contributed by atoms with Crippen LogP contribution in [-0.2, 0) is 5.60 Å². The molecule has 0 heterocycles. The molecule has 0 saturated carbocycles. The van der Waals surface area contributed by atoms with E-state index in [0.717, 1.165) is 16.7 Å². The van der Waals surface area contributed by atoms with Crippen LogP contribution in [0.4, 0.5) is 10.5 Å². The molecule has 3 aromatic rings. The molecule has 132 valence electrons. The van der Waals surface area contributed by atoms with Crippen molar-refractivity contribution in [3.8, 4) is 11.1 Å². The molecule has 4 nitrogen and oxygen atoms in total. The van der Waals surface area contributed by atoms with Gasteiger partial charge in [0, 0.05) is 5.69 Å². The molecule has 3 aromatic carbocycles. The Bertz CT molecular complexity index is 844. The second kappa shape index (κ2) is 7.85. The van der Waals surface area contributed by atoms with E-state index in [1.54, 1.807) is 19.1 Å². The Morgan fingerprint density at radius 3 is 2.00 bits per heavy atom. The summed E-state index contributed by atoms with van der Waals surface area (Å²) >= 11 is 0. The fourth-order valence-electron chi connectivity index (χ4n) is 2.70. The summed E-state index contributed by atoms with van der Waals surface area (Å²) in [6, 6.07) is 26.6. The lowest BCUT2D eigenvalue weighted by Crippen LogP contribution is -2.40. The van der Waals surface area contributed by atoms with Gasteiger partial charge in [-0.1, -0.05) is 72.8 Å². The van der Waals surface area contributed by atoms with E-state index in [1.807, 2.05) is 72.8 Å². The number of carbonyl (C=O) groups excluding carboxylic acids is 1. The van der Waals surface area contributed by atoms with Crippen molar-refractivity contribution >= 4 is 11.7 Å². The molecular formula is C22H22N2O2. The molecule has 0 radical (unpaired) electrons. The SMILES string of the molecule is C[C@](O)(CNC(=O)Nc1ccccc1)c1ccc(-c2ccccc2)cc1. The third-order valence-corrected chi connectivity index (χ3v) is 4.24. The highest BCUT2D eigenvalue weighted by Gasteiger charge is 2.23. The van der Waals surface area contributed by atoms with E-state index in [9.17, 15) is 9.90 Å². The summed E-state index contributed by atoms with van der Waals surface area (Å²) in [4.78, 5) is 12.0. The minimum atomic E-state index is -1.16. The number of anilines is 1. The third kappa shape index (κ3) is 4.49. The minimum Gasteiger partial charge on any atom is -0.384 e. The van der Waals surface area contributed by atoms with E-state index < -0.39 is 5.60 Å². The first-order valence-electron chi connectivity index (χ1n) is 8.53. The standard InChI is InChI=1S/C22H22N2O2/c1-22(26,16-23-21(25)24-20-10-6-3-7-11-20)19-14-12-18(13-15-19)17-8-4-2-5-9-17/h2-15,26H,16H2,1H3,(H2,23,24,25)/t22-/m0/s1. The lowest BCUT2D eigenvalue weighted by Gasteiger charge is -2.24. The van der Waals surface area contributed by atoms with Gasteiger partial charge in [-0.05, 0) is 35.7 Å². The summed E-state index contributed by atoms with van der Waals surface area (Å²) in [5.41, 5.74) is 2.50. The van der Waals surface area contributed by atoms with Crippen LogP contribution in [-0.4, -0.2) is 17.7 Å². The highest BCUT2D eigenvalue weighted by Crippen LogP contribution is 2.24. The number of urea groups is 1. The summed E-state index contributed by atoms with van der Waals surface area (Å²) in [7, 11) is 0. The quantitative estimate of drug-likeness (QED) is 0.642. The highest BCUT2D eigenvalue weighted by molar-refractivity contribution is 5.89. The number of nitrogens with one attached hydrogen (secondary N) is 2. The number of amides is 2. The molecule has 0 aromatic heterocycles. The predicted molar refractivity (Wildman–Crippen MR) is 105 cm³/mol. The molecule has 0 spiro atoms. The molecule has 0 fully saturated rings. The molecule has 0 bridgehead atoms. The number of benzene rings is 3. The zero-order valence-corrected chi connectivity index (χ0v) is 14.6. The number of rotatable bonds is 5. The first-order valence-corrected chi connectivity index (χ1v) is 8.53. The van der Waals surface area contributed by atoms with Crippen LogP contribution >= 0.6 is 0 Å². The Balaban J connectivity index is 1.61. The average molecular weight is 346 g/mol. The van der Waals surface area contributed by atoms with Gasteiger partial charge in [0.25, 0.3) is 0 Å². The zero-order valence-electron chi connectivity index (χ0n) is 14.6. The molecule has 3 rings (SSSR count). The Labute approximate surface area is 153 Å². The van der Waals surface area contributed by atoms with Crippen molar-refractivity contribution in [2.75, 3.05) is 11.9 Å². The van der Waals surface area contributed by atoms with Gasteiger partial charge in [-0.2, -0.15) is 0 Å². The van der Waals surface area contributed by atoms with Crippen molar-refractivity contribution in [2.45, 2.75) is 12.5 Å². The molecule has 3 N–H and O–H groups in total. The van der Waals surface area contributed by atoms with Crippen molar-refractivity contribution < 1.29 is 9.90 Å². The number of hydrogen-bond donors (Lipinski definition) is 3. The molecule has 0 aliphatic rings. The fraction of sp³-hybridized carbons (Fsp3) is 0.136.